The maximum absolute atomic E-state index is 14.3. The molecule has 1 saturated carbocycles. The summed E-state index contributed by atoms with van der Waals surface area (Å²) in [5, 5.41) is 6.39. The van der Waals surface area contributed by atoms with Gasteiger partial charge in [-0.05, 0) is 54.3 Å². The topological polar surface area (TPSA) is 78.5 Å². The first kappa shape index (κ1) is 27.1. The first-order chi connectivity index (χ1) is 18.4. The third kappa shape index (κ3) is 7.11. The zero-order valence-electron chi connectivity index (χ0n) is 21.4. The first-order valence-corrected chi connectivity index (χ1v) is 13.3. The molecule has 0 aliphatic heterocycles. The average Bonchev–Trinajstić information content (AvgIpc) is 2.93. The number of nitrogens with zero attached hydrogens (tertiary/aromatic N) is 1. The molecule has 0 radical (unpaired) electrons. The van der Waals surface area contributed by atoms with Gasteiger partial charge in [0.15, 0.2) is 0 Å². The summed E-state index contributed by atoms with van der Waals surface area (Å²) < 4.78 is 0. The third-order valence-corrected chi connectivity index (χ3v) is 6.80. The highest BCUT2D eigenvalue weighted by Crippen LogP contribution is 2.31. The van der Waals surface area contributed by atoms with Crippen molar-refractivity contribution < 1.29 is 14.4 Å². The molecule has 3 amide bonds. The Bertz CT molecular complexity index is 1270. The van der Waals surface area contributed by atoms with Crippen molar-refractivity contribution in [3.63, 3.8) is 0 Å². The van der Waals surface area contributed by atoms with E-state index in [9.17, 15) is 14.4 Å². The highest BCUT2D eigenvalue weighted by Gasteiger charge is 2.35. The molecule has 38 heavy (non-hydrogen) atoms. The number of carbonyl (C=O) groups is 3. The molecule has 4 rings (SSSR count). The summed E-state index contributed by atoms with van der Waals surface area (Å²) in [6.07, 6.45) is 6.73. The largest absolute Gasteiger partial charge is 0.351 e. The number of carbonyl (C=O) groups excluding carboxylic acids is 3. The van der Waals surface area contributed by atoms with Crippen molar-refractivity contribution in [2.24, 2.45) is 0 Å². The third-order valence-electron chi connectivity index (χ3n) is 6.55. The molecule has 3 aromatic rings. The van der Waals surface area contributed by atoms with Gasteiger partial charge in [-0.25, -0.2) is 0 Å². The van der Waals surface area contributed by atoms with Gasteiger partial charge in [0.05, 0.1) is 0 Å². The molecule has 6 nitrogen and oxygen atoms in total. The van der Waals surface area contributed by atoms with Crippen molar-refractivity contribution >= 4 is 41.1 Å². The second kappa shape index (κ2) is 13.1. The van der Waals surface area contributed by atoms with Gasteiger partial charge < -0.3 is 10.6 Å². The molecule has 0 heterocycles. The van der Waals surface area contributed by atoms with Crippen LogP contribution in [0.15, 0.2) is 90.6 Å². The van der Waals surface area contributed by atoms with Crippen LogP contribution in [0, 0.1) is 0 Å². The van der Waals surface area contributed by atoms with E-state index in [0.29, 0.717) is 16.3 Å². The molecule has 1 atom stereocenters. The Kier molecular flexibility index (Phi) is 9.33. The highest BCUT2D eigenvalue weighted by molar-refractivity contribution is 6.30. The number of benzene rings is 3. The van der Waals surface area contributed by atoms with Crippen LogP contribution in [-0.4, -0.2) is 23.8 Å². The predicted octanol–water partition coefficient (Wildman–Crippen LogP) is 6.04. The van der Waals surface area contributed by atoms with Crippen molar-refractivity contribution in [2.45, 2.75) is 51.1 Å². The van der Waals surface area contributed by atoms with Gasteiger partial charge in [-0.3, -0.25) is 19.3 Å². The van der Waals surface area contributed by atoms with Crippen molar-refractivity contribution in [2.75, 3.05) is 4.90 Å². The Labute approximate surface area is 228 Å². The van der Waals surface area contributed by atoms with Gasteiger partial charge in [0, 0.05) is 23.7 Å². The fourth-order valence-electron chi connectivity index (χ4n) is 4.75. The van der Waals surface area contributed by atoms with Crippen LogP contribution in [0.5, 0.6) is 0 Å². The molecular formula is C31H32ClN3O3. The molecule has 0 aromatic heterocycles. The summed E-state index contributed by atoms with van der Waals surface area (Å²) in [6, 6.07) is 24.3. The second-order valence-corrected chi connectivity index (χ2v) is 9.89. The van der Waals surface area contributed by atoms with Crippen LogP contribution in [0.2, 0.25) is 5.02 Å². The van der Waals surface area contributed by atoms with Gasteiger partial charge >= 0.3 is 0 Å². The van der Waals surface area contributed by atoms with E-state index in [1.807, 2.05) is 60.7 Å². The summed E-state index contributed by atoms with van der Waals surface area (Å²) >= 11 is 6.17. The Hall–Kier alpha value is -3.90. The summed E-state index contributed by atoms with van der Waals surface area (Å²) in [5.41, 5.74) is 1.94. The lowest BCUT2D eigenvalue weighted by Gasteiger charge is -2.34. The van der Waals surface area contributed by atoms with Gasteiger partial charge in [-0.1, -0.05) is 91.5 Å². The molecule has 1 aliphatic carbocycles. The van der Waals surface area contributed by atoms with Crippen LogP contribution in [0.4, 0.5) is 5.69 Å². The van der Waals surface area contributed by atoms with E-state index in [2.05, 4.69) is 10.6 Å². The Balaban J connectivity index is 1.82. The van der Waals surface area contributed by atoms with Crippen LogP contribution >= 0.6 is 11.6 Å². The van der Waals surface area contributed by atoms with E-state index < -0.39 is 11.9 Å². The SMILES string of the molecule is CC(=O)N/C(=C\c1ccccc1)C(=O)N(c1ccc(Cl)cc1)C(C(=O)NC1CCCCC1)c1ccccc1. The number of hydrogen-bond donors (Lipinski definition) is 2. The van der Waals surface area contributed by atoms with Crippen molar-refractivity contribution in [1.82, 2.24) is 10.6 Å². The Morgan fingerprint density at radius 3 is 2.08 bits per heavy atom. The summed E-state index contributed by atoms with van der Waals surface area (Å²) in [7, 11) is 0. The quantitative estimate of drug-likeness (QED) is 0.349. The van der Waals surface area contributed by atoms with E-state index in [1.165, 1.54) is 11.8 Å². The summed E-state index contributed by atoms with van der Waals surface area (Å²) in [5.74, 6) is -1.17. The molecule has 0 saturated heterocycles. The summed E-state index contributed by atoms with van der Waals surface area (Å²) in [6.45, 7) is 1.35. The van der Waals surface area contributed by atoms with Crippen LogP contribution in [0.1, 0.15) is 56.2 Å². The Morgan fingerprint density at radius 1 is 0.868 bits per heavy atom. The normalized spacial score (nSPS) is 14.8. The molecule has 3 aromatic carbocycles. The lowest BCUT2D eigenvalue weighted by atomic mass is 9.94. The Morgan fingerprint density at radius 2 is 1.47 bits per heavy atom. The minimum Gasteiger partial charge on any atom is -0.351 e. The number of halogens is 1. The van der Waals surface area contributed by atoms with Gasteiger partial charge in [-0.15, -0.1) is 0 Å². The molecule has 7 heteroatoms. The highest BCUT2D eigenvalue weighted by atomic mass is 35.5. The number of anilines is 1. The van der Waals surface area contributed by atoms with Crippen molar-refractivity contribution in [1.29, 1.82) is 0 Å². The molecule has 196 valence electrons. The zero-order chi connectivity index (χ0) is 26.9. The van der Waals surface area contributed by atoms with E-state index >= 15 is 0 Å². The minimum absolute atomic E-state index is 0.0549. The molecular weight excluding hydrogens is 498 g/mol. The lowest BCUT2D eigenvalue weighted by Crippen LogP contribution is -2.49. The van der Waals surface area contributed by atoms with E-state index in [4.69, 9.17) is 11.6 Å². The van der Waals surface area contributed by atoms with E-state index in [0.717, 1.165) is 37.7 Å². The van der Waals surface area contributed by atoms with Crippen molar-refractivity contribution in [3.8, 4) is 0 Å². The smallest absolute Gasteiger partial charge is 0.275 e. The van der Waals surface area contributed by atoms with Gasteiger partial charge in [0.1, 0.15) is 11.7 Å². The molecule has 1 unspecified atom stereocenters. The van der Waals surface area contributed by atoms with E-state index in [1.54, 1.807) is 30.3 Å². The standard InChI is InChI=1S/C31H32ClN3O3/c1-22(36)33-28(21-23-11-5-2-6-12-23)31(38)35(27-19-17-25(32)18-20-27)29(24-13-7-3-8-14-24)30(37)34-26-15-9-4-10-16-26/h2-3,5-8,11-14,17-21,26,29H,4,9-10,15-16H2,1H3,(H,33,36)(H,34,37)/b28-21-. The molecule has 1 fully saturated rings. The molecule has 0 bridgehead atoms. The van der Waals surface area contributed by atoms with Gasteiger partial charge in [0.2, 0.25) is 11.8 Å². The predicted molar refractivity (Wildman–Crippen MR) is 151 cm³/mol. The fourth-order valence-corrected chi connectivity index (χ4v) is 4.88. The lowest BCUT2D eigenvalue weighted by molar-refractivity contribution is -0.126. The number of rotatable bonds is 8. The van der Waals surface area contributed by atoms with Crippen molar-refractivity contribution in [3.05, 3.63) is 107 Å². The maximum Gasteiger partial charge on any atom is 0.275 e. The minimum atomic E-state index is -0.972. The van der Waals surface area contributed by atoms with Crippen LogP contribution in [0.25, 0.3) is 6.08 Å². The second-order valence-electron chi connectivity index (χ2n) is 9.46. The monoisotopic (exact) mass is 529 g/mol. The number of amides is 3. The van der Waals surface area contributed by atoms with Gasteiger partial charge in [-0.2, -0.15) is 0 Å². The average molecular weight is 530 g/mol. The maximum atomic E-state index is 14.3. The fraction of sp³-hybridized carbons (Fsp3) is 0.258. The van der Waals surface area contributed by atoms with E-state index in [-0.39, 0.29) is 23.6 Å². The first-order valence-electron chi connectivity index (χ1n) is 12.9. The molecule has 2 N–H and O–H groups in total. The van der Waals surface area contributed by atoms with Crippen LogP contribution in [0.3, 0.4) is 0 Å². The van der Waals surface area contributed by atoms with Crippen LogP contribution in [-0.2, 0) is 14.4 Å². The molecule has 1 aliphatic rings. The number of nitrogens with one attached hydrogen (secondary N) is 2. The van der Waals surface area contributed by atoms with Crippen LogP contribution < -0.4 is 15.5 Å². The number of hydrogen-bond acceptors (Lipinski definition) is 3. The summed E-state index contributed by atoms with van der Waals surface area (Å²) in [4.78, 5) is 41.9. The van der Waals surface area contributed by atoms with Gasteiger partial charge in [0.25, 0.3) is 5.91 Å². The zero-order valence-corrected chi connectivity index (χ0v) is 22.2. The molecule has 0 spiro atoms.